The van der Waals surface area contributed by atoms with E-state index in [4.69, 9.17) is 16.6 Å². The molecule has 1 aromatic heterocycles. The number of rotatable bonds is 8. The van der Waals surface area contributed by atoms with Gasteiger partial charge in [-0.15, -0.1) is 0 Å². The molecule has 114 valence electrons. The minimum atomic E-state index is 0.620. The molecule has 0 unspecified atom stereocenters. The first-order valence-electron chi connectivity index (χ1n) is 7.55. The van der Waals surface area contributed by atoms with E-state index in [0.717, 1.165) is 42.7 Å². The van der Waals surface area contributed by atoms with Gasteiger partial charge < -0.3 is 10.2 Å². The molecule has 1 rings (SSSR count). The maximum atomic E-state index is 6.24. The van der Waals surface area contributed by atoms with Crippen LogP contribution < -0.4 is 10.2 Å². The summed E-state index contributed by atoms with van der Waals surface area (Å²) in [7, 11) is 0. The van der Waals surface area contributed by atoms with E-state index < -0.39 is 0 Å². The van der Waals surface area contributed by atoms with E-state index in [1.165, 1.54) is 0 Å². The van der Waals surface area contributed by atoms with Crippen molar-refractivity contribution in [1.82, 2.24) is 10.3 Å². The van der Waals surface area contributed by atoms with Gasteiger partial charge >= 0.3 is 0 Å². The van der Waals surface area contributed by atoms with Gasteiger partial charge in [0, 0.05) is 19.6 Å². The fraction of sp³-hybridized carbons (Fsp3) is 0.688. The summed E-state index contributed by atoms with van der Waals surface area (Å²) in [5.74, 6) is 2.27. The van der Waals surface area contributed by atoms with Crippen LogP contribution in [-0.2, 0) is 6.54 Å². The highest BCUT2D eigenvalue weighted by Crippen LogP contribution is 2.20. The average molecular weight is 298 g/mol. The second kappa shape index (κ2) is 8.48. The lowest BCUT2D eigenvalue weighted by Gasteiger charge is -2.24. The van der Waals surface area contributed by atoms with Crippen LogP contribution in [0, 0.1) is 11.8 Å². The summed E-state index contributed by atoms with van der Waals surface area (Å²) in [5, 5.41) is 4.14. The molecule has 0 amide bonds. The molecule has 0 saturated heterocycles. The van der Waals surface area contributed by atoms with Gasteiger partial charge in [-0.25, -0.2) is 4.98 Å². The molecule has 0 aromatic carbocycles. The molecule has 0 aliphatic heterocycles. The van der Waals surface area contributed by atoms with Gasteiger partial charge in [0.2, 0.25) is 0 Å². The lowest BCUT2D eigenvalue weighted by atomic mass is 10.2. The topological polar surface area (TPSA) is 28.2 Å². The summed E-state index contributed by atoms with van der Waals surface area (Å²) in [6, 6.07) is 3.97. The molecule has 0 aliphatic carbocycles. The molecular weight excluding hydrogens is 270 g/mol. The highest BCUT2D eigenvalue weighted by molar-refractivity contribution is 6.31. The summed E-state index contributed by atoms with van der Waals surface area (Å²) in [5.41, 5.74) is 0.937. The van der Waals surface area contributed by atoms with Crippen molar-refractivity contribution in [3.05, 3.63) is 22.8 Å². The van der Waals surface area contributed by atoms with Crippen LogP contribution in [0.5, 0.6) is 0 Å². The minimum absolute atomic E-state index is 0.620. The molecule has 1 heterocycles. The lowest BCUT2D eigenvalue weighted by molar-refractivity contribution is 0.547. The van der Waals surface area contributed by atoms with Gasteiger partial charge in [-0.1, -0.05) is 39.3 Å². The number of hydrogen-bond acceptors (Lipinski definition) is 3. The Hall–Kier alpha value is -0.800. The van der Waals surface area contributed by atoms with Gasteiger partial charge in [0.1, 0.15) is 5.82 Å². The number of aromatic nitrogens is 1. The van der Waals surface area contributed by atoms with Gasteiger partial charge in [-0.3, -0.25) is 0 Å². The Morgan fingerprint density at radius 2 is 1.90 bits per heavy atom. The third-order valence-electron chi connectivity index (χ3n) is 3.04. The molecule has 0 fully saturated rings. The molecule has 0 radical (unpaired) electrons. The van der Waals surface area contributed by atoms with Crippen molar-refractivity contribution in [3.8, 4) is 0 Å². The molecule has 3 nitrogen and oxygen atoms in total. The summed E-state index contributed by atoms with van der Waals surface area (Å²) in [6.45, 7) is 14.7. The van der Waals surface area contributed by atoms with E-state index in [-0.39, 0.29) is 0 Å². The standard InChI is InChI=1S/C16H28ClN3/c1-6-20(11-13(4)5)16-8-7-14(17)15(19-16)10-18-9-12(2)3/h7-8,12-13,18H,6,9-11H2,1-5H3. The van der Waals surface area contributed by atoms with Crippen molar-refractivity contribution in [2.75, 3.05) is 24.5 Å². The number of pyridine rings is 1. The van der Waals surface area contributed by atoms with Gasteiger partial charge in [0.25, 0.3) is 0 Å². The number of nitrogens with one attached hydrogen (secondary N) is 1. The predicted molar refractivity (Wildman–Crippen MR) is 88.5 cm³/mol. The molecular formula is C16H28ClN3. The first kappa shape index (κ1) is 17.3. The minimum Gasteiger partial charge on any atom is -0.357 e. The van der Waals surface area contributed by atoms with Crippen molar-refractivity contribution in [3.63, 3.8) is 0 Å². The number of halogens is 1. The van der Waals surface area contributed by atoms with E-state index in [1.54, 1.807) is 0 Å². The monoisotopic (exact) mass is 297 g/mol. The van der Waals surface area contributed by atoms with Crippen LogP contribution in [0.4, 0.5) is 5.82 Å². The maximum absolute atomic E-state index is 6.24. The van der Waals surface area contributed by atoms with Crippen LogP contribution in [0.25, 0.3) is 0 Å². The van der Waals surface area contributed by atoms with Crippen molar-refractivity contribution in [2.24, 2.45) is 11.8 Å². The molecule has 20 heavy (non-hydrogen) atoms. The van der Waals surface area contributed by atoms with Crippen LogP contribution in [0.2, 0.25) is 5.02 Å². The van der Waals surface area contributed by atoms with Crippen molar-refractivity contribution in [1.29, 1.82) is 0 Å². The molecule has 4 heteroatoms. The van der Waals surface area contributed by atoms with Crippen molar-refractivity contribution >= 4 is 17.4 Å². The van der Waals surface area contributed by atoms with Crippen molar-refractivity contribution in [2.45, 2.75) is 41.2 Å². The first-order chi connectivity index (χ1) is 9.43. The predicted octanol–water partition coefficient (Wildman–Crippen LogP) is 3.96. The molecule has 0 bridgehead atoms. The number of nitrogens with zero attached hydrogens (tertiary/aromatic N) is 2. The lowest BCUT2D eigenvalue weighted by Crippen LogP contribution is -2.28. The van der Waals surface area contributed by atoms with Crippen LogP contribution in [0.1, 0.15) is 40.3 Å². The van der Waals surface area contributed by atoms with Crippen LogP contribution in [0.15, 0.2) is 12.1 Å². The molecule has 0 aliphatic rings. The number of hydrogen-bond donors (Lipinski definition) is 1. The highest BCUT2D eigenvalue weighted by atomic mass is 35.5. The second-order valence-corrected chi connectivity index (χ2v) is 6.46. The van der Waals surface area contributed by atoms with Gasteiger partial charge in [0.05, 0.1) is 10.7 Å². The van der Waals surface area contributed by atoms with E-state index in [0.29, 0.717) is 11.8 Å². The third-order valence-corrected chi connectivity index (χ3v) is 3.38. The Morgan fingerprint density at radius 3 is 2.45 bits per heavy atom. The van der Waals surface area contributed by atoms with E-state index in [1.807, 2.05) is 12.1 Å². The largest absolute Gasteiger partial charge is 0.357 e. The summed E-state index contributed by atoms with van der Waals surface area (Å²) in [6.07, 6.45) is 0. The Kier molecular flexibility index (Phi) is 7.31. The third kappa shape index (κ3) is 5.68. The molecule has 0 spiro atoms. The summed E-state index contributed by atoms with van der Waals surface area (Å²) in [4.78, 5) is 7.02. The van der Waals surface area contributed by atoms with Crippen LogP contribution >= 0.6 is 11.6 Å². The quantitative estimate of drug-likeness (QED) is 0.787. The maximum Gasteiger partial charge on any atom is 0.128 e. The van der Waals surface area contributed by atoms with Crippen LogP contribution in [0.3, 0.4) is 0 Å². The zero-order valence-electron chi connectivity index (χ0n) is 13.4. The Balaban J connectivity index is 2.78. The SMILES string of the molecule is CCN(CC(C)C)c1ccc(Cl)c(CNCC(C)C)n1. The van der Waals surface area contributed by atoms with E-state index in [2.05, 4.69) is 44.8 Å². The summed E-state index contributed by atoms with van der Waals surface area (Å²) >= 11 is 6.24. The Morgan fingerprint density at radius 1 is 1.20 bits per heavy atom. The van der Waals surface area contributed by atoms with Crippen molar-refractivity contribution < 1.29 is 0 Å². The average Bonchev–Trinajstić information content (AvgIpc) is 2.37. The Bertz CT molecular complexity index is 405. The zero-order chi connectivity index (χ0) is 15.1. The molecule has 0 saturated carbocycles. The molecule has 1 aromatic rings. The van der Waals surface area contributed by atoms with Crippen LogP contribution in [-0.4, -0.2) is 24.6 Å². The normalized spacial score (nSPS) is 11.4. The molecule has 1 N–H and O–H groups in total. The zero-order valence-corrected chi connectivity index (χ0v) is 14.2. The van der Waals surface area contributed by atoms with E-state index in [9.17, 15) is 0 Å². The first-order valence-corrected chi connectivity index (χ1v) is 7.92. The molecule has 0 atom stereocenters. The second-order valence-electron chi connectivity index (χ2n) is 6.06. The van der Waals surface area contributed by atoms with Gasteiger partial charge in [-0.05, 0) is 37.4 Å². The summed E-state index contributed by atoms with van der Waals surface area (Å²) < 4.78 is 0. The van der Waals surface area contributed by atoms with Gasteiger partial charge in [0.15, 0.2) is 0 Å². The van der Waals surface area contributed by atoms with E-state index >= 15 is 0 Å². The smallest absolute Gasteiger partial charge is 0.128 e. The highest BCUT2D eigenvalue weighted by Gasteiger charge is 2.11. The Labute approximate surface area is 128 Å². The van der Waals surface area contributed by atoms with Gasteiger partial charge in [-0.2, -0.15) is 0 Å². The number of anilines is 1. The fourth-order valence-electron chi connectivity index (χ4n) is 2.08. The fourth-order valence-corrected chi connectivity index (χ4v) is 2.25.